The van der Waals surface area contributed by atoms with E-state index in [1.165, 1.54) is 18.2 Å². The molecule has 0 aliphatic carbocycles. The highest BCUT2D eigenvalue weighted by Gasteiger charge is 2.11. The Labute approximate surface area is 112 Å². The van der Waals surface area contributed by atoms with Crippen LogP contribution >= 0.6 is 0 Å². The largest absolute Gasteiger partial charge is 0.478 e. The maximum absolute atomic E-state index is 13.6. The summed E-state index contributed by atoms with van der Waals surface area (Å²) < 4.78 is 32.1. The first-order chi connectivity index (χ1) is 9.51. The molecule has 20 heavy (non-hydrogen) atoms. The molecule has 0 fully saturated rings. The van der Waals surface area contributed by atoms with Gasteiger partial charge in [-0.1, -0.05) is 0 Å². The van der Waals surface area contributed by atoms with Gasteiger partial charge in [-0.05, 0) is 30.3 Å². The number of ether oxygens (including phenoxy) is 1. The van der Waals surface area contributed by atoms with Crippen molar-refractivity contribution in [2.45, 2.75) is 0 Å². The molecule has 0 aromatic heterocycles. The van der Waals surface area contributed by atoms with E-state index in [0.717, 1.165) is 18.2 Å². The number of nitrogens with zero attached hydrogens (tertiary/aromatic N) is 1. The summed E-state index contributed by atoms with van der Waals surface area (Å²) in [5.41, 5.74) is -0.375. The van der Waals surface area contributed by atoms with E-state index in [-0.39, 0.29) is 22.6 Å². The van der Waals surface area contributed by atoms with Crippen molar-refractivity contribution in [3.05, 3.63) is 59.2 Å². The topological polar surface area (TPSA) is 70.3 Å². The average Bonchev–Trinajstić information content (AvgIpc) is 2.41. The Hall–Kier alpha value is -2.94. The summed E-state index contributed by atoms with van der Waals surface area (Å²) in [4.78, 5) is 10.7. The summed E-state index contributed by atoms with van der Waals surface area (Å²) in [6, 6.07) is 8.21. The van der Waals surface area contributed by atoms with Crippen LogP contribution in [-0.4, -0.2) is 11.1 Å². The fourth-order valence-corrected chi connectivity index (χ4v) is 1.49. The highest BCUT2D eigenvalue weighted by Crippen LogP contribution is 2.26. The number of halogens is 2. The standard InChI is InChI=1S/C14H7F2NO3/c15-11-6-10(3-1-9(11)7-17)20-13-4-2-8(14(18)19)5-12(13)16/h1-6H,(H,18,19). The first kappa shape index (κ1) is 13.5. The average molecular weight is 275 g/mol. The van der Waals surface area contributed by atoms with Crippen LogP contribution in [0.5, 0.6) is 11.5 Å². The minimum atomic E-state index is -1.26. The smallest absolute Gasteiger partial charge is 0.335 e. The van der Waals surface area contributed by atoms with Crippen LogP contribution in [-0.2, 0) is 0 Å². The van der Waals surface area contributed by atoms with E-state index in [4.69, 9.17) is 15.1 Å². The number of carbonyl (C=O) groups is 1. The molecule has 0 aliphatic heterocycles. The van der Waals surface area contributed by atoms with Crippen molar-refractivity contribution in [1.29, 1.82) is 5.26 Å². The molecule has 0 bridgehead atoms. The predicted octanol–water partition coefficient (Wildman–Crippen LogP) is 3.33. The molecule has 0 spiro atoms. The normalized spacial score (nSPS) is 9.85. The van der Waals surface area contributed by atoms with Crippen LogP contribution in [0, 0.1) is 23.0 Å². The van der Waals surface area contributed by atoms with Gasteiger partial charge in [0.2, 0.25) is 0 Å². The molecule has 0 saturated heterocycles. The Bertz CT molecular complexity index is 723. The van der Waals surface area contributed by atoms with Crippen molar-refractivity contribution < 1.29 is 23.4 Å². The number of benzene rings is 2. The van der Waals surface area contributed by atoms with E-state index >= 15 is 0 Å². The third-order valence-electron chi connectivity index (χ3n) is 2.47. The van der Waals surface area contributed by atoms with E-state index < -0.39 is 17.6 Å². The van der Waals surface area contributed by atoms with Crippen molar-refractivity contribution >= 4 is 5.97 Å². The highest BCUT2D eigenvalue weighted by molar-refractivity contribution is 5.87. The molecular weight excluding hydrogens is 268 g/mol. The van der Waals surface area contributed by atoms with Gasteiger partial charge in [0.05, 0.1) is 11.1 Å². The minimum absolute atomic E-state index is 0.00322. The fraction of sp³-hybridized carbons (Fsp3) is 0. The SMILES string of the molecule is N#Cc1ccc(Oc2ccc(C(=O)O)cc2F)cc1F. The van der Waals surface area contributed by atoms with Crippen molar-refractivity contribution in [3.63, 3.8) is 0 Å². The highest BCUT2D eigenvalue weighted by atomic mass is 19.1. The Morgan fingerprint density at radius 2 is 1.90 bits per heavy atom. The zero-order chi connectivity index (χ0) is 14.7. The number of hydrogen-bond donors (Lipinski definition) is 1. The fourth-order valence-electron chi connectivity index (χ4n) is 1.49. The molecule has 0 unspecified atom stereocenters. The van der Waals surface area contributed by atoms with Crippen LogP contribution in [0.1, 0.15) is 15.9 Å². The van der Waals surface area contributed by atoms with Gasteiger partial charge in [0.15, 0.2) is 11.6 Å². The third-order valence-corrected chi connectivity index (χ3v) is 2.47. The van der Waals surface area contributed by atoms with Crippen LogP contribution in [0.25, 0.3) is 0 Å². The summed E-state index contributed by atoms with van der Waals surface area (Å²) >= 11 is 0. The molecule has 0 saturated carbocycles. The maximum Gasteiger partial charge on any atom is 0.335 e. The van der Waals surface area contributed by atoms with E-state index in [1.807, 2.05) is 0 Å². The van der Waals surface area contributed by atoms with Crippen molar-refractivity contribution in [1.82, 2.24) is 0 Å². The first-order valence-corrected chi connectivity index (χ1v) is 5.41. The Morgan fingerprint density at radius 3 is 2.45 bits per heavy atom. The molecular formula is C14H7F2NO3. The summed E-state index contributed by atoms with van der Waals surface area (Å²) in [5.74, 6) is -3.16. The zero-order valence-corrected chi connectivity index (χ0v) is 9.93. The van der Waals surface area contributed by atoms with Crippen LogP contribution in [0.2, 0.25) is 0 Å². The van der Waals surface area contributed by atoms with Gasteiger partial charge >= 0.3 is 5.97 Å². The molecule has 2 aromatic carbocycles. The van der Waals surface area contributed by atoms with Crippen LogP contribution in [0.15, 0.2) is 36.4 Å². The second-order valence-corrected chi connectivity index (χ2v) is 3.81. The molecule has 4 nitrogen and oxygen atoms in total. The Morgan fingerprint density at radius 1 is 1.15 bits per heavy atom. The molecule has 1 N–H and O–H groups in total. The van der Waals surface area contributed by atoms with Gasteiger partial charge in [0.1, 0.15) is 17.6 Å². The van der Waals surface area contributed by atoms with Gasteiger partial charge in [-0.25, -0.2) is 13.6 Å². The number of rotatable bonds is 3. The van der Waals surface area contributed by atoms with Gasteiger partial charge in [0, 0.05) is 6.07 Å². The molecule has 0 atom stereocenters. The van der Waals surface area contributed by atoms with Gasteiger partial charge < -0.3 is 9.84 Å². The predicted molar refractivity (Wildman–Crippen MR) is 64.5 cm³/mol. The van der Waals surface area contributed by atoms with Crippen LogP contribution in [0.3, 0.4) is 0 Å². The molecule has 100 valence electrons. The second kappa shape index (κ2) is 5.36. The zero-order valence-electron chi connectivity index (χ0n) is 9.93. The number of carboxylic acid groups (broad SMARTS) is 1. The second-order valence-electron chi connectivity index (χ2n) is 3.81. The molecule has 0 radical (unpaired) electrons. The Kier molecular flexibility index (Phi) is 3.62. The van der Waals surface area contributed by atoms with Gasteiger partial charge in [-0.2, -0.15) is 5.26 Å². The molecule has 0 heterocycles. The van der Waals surface area contributed by atoms with E-state index in [2.05, 4.69) is 0 Å². The number of hydrogen-bond acceptors (Lipinski definition) is 3. The molecule has 2 rings (SSSR count). The van der Waals surface area contributed by atoms with Crippen molar-refractivity contribution in [2.75, 3.05) is 0 Å². The monoisotopic (exact) mass is 275 g/mol. The van der Waals surface area contributed by atoms with Crippen LogP contribution < -0.4 is 4.74 Å². The lowest BCUT2D eigenvalue weighted by atomic mass is 10.2. The summed E-state index contributed by atoms with van der Waals surface area (Å²) in [6.45, 7) is 0. The van der Waals surface area contributed by atoms with Crippen molar-refractivity contribution in [3.8, 4) is 17.6 Å². The van der Waals surface area contributed by atoms with Crippen LogP contribution in [0.4, 0.5) is 8.78 Å². The number of aromatic carboxylic acids is 1. The molecule has 0 amide bonds. The summed E-state index contributed by atoms with van der Waals surface area (Å²) in [5, 5.41) is 17.3. The lowest BCUT2D eigenvalue weighted by Gasteiger charge is -2.07. The van der Waals surface area contributed by atoms with E-state index in [0.29, 0.717) is 0 Å². The van der Waals surface area contributed by atoms with Gasteiger partial charge in [-0.15, -0.1) is 0 Å². The lowest BCUT2D eigenvalue weighted by Crippen LogP contribution is -1.98. The number of nitriles is 1. The quantitative estimate of drug-likeness (QED) is 0.932. The lowest BCUT2D eigenvalue weighted by molar-refractivity contribution is 0.0696. The third kappa shape index (κ3) is 2.72. The minimum Gasteiger partial charge on any atom is -0.478 e. The first-order valence-electron chi connectivity index (χ1n) is 5.41. The van der Waals surface area contributed by atoms with E-state index in [1.54, 1.807) is 6.07 Å². The molecule has 2 aromatic rings. The molecule has 6 heteroatoms. The van der Waals surface area contributed by atoms with E-state index in [9.17, 15) is 13.6 Å². The van der Waals surface area contributed by atoms with Gasteiger partial charge in [-0.3, -0.25) is 0 Å². The van der Waals surface area contributed by atoms with Gasteiger partial charge in [0.25, 0.3) is 0 Å². The Balaban J connectivity index is 2.29. The summed E-state index contributed by atoms with van der Waals surface area (Å²) in [6.07, 6.45) is 0. The maximum atomic E-state index is 13.6. The van der Waals surface area contributed by atoms with Crippen molar-refractivity contribution in [2.24, 2.45) is 0 Å². The summed E-state index contributed by atoms with van der Waals surface area (Å²) in [7, 11) is 0. The molecule has 0 aliphatic rings. The number of carboxylic acids is 1.